The lowest BCUT2D eigenvalue weighted by Crippen LogP contribution is -2.05. The highest BCUT2D eigenvalue weighted by atomic mass is 16.5. The van der Waals surface area contributed by atoms with E-state index in [1.807, 2.05) is 55.5 Å². The van der Waals surface area contributed by atoms with E-state index in [9.17, 15) is 4.79 Å². The summed E-state index contributed by atoms with van der Waals surface area (Å²) in [5.41, 5.74) is 3.79. The SMILES string of the molecule is COc1cc(Cn2c3ccccc3c3c(OCCC(=O)O)cccc32)ccc1OCc1nc(C2CC=CO2)oc1C. The Labute approximate surface area is 236 Å². The van der Waals surface area contributed by atoms with Gasteiger partial charge in [0.05, 0.1) is 31.9 Å². The summed E-state index contributed by atoms with van der Waals surface area (Å²) in [6.45, 7) is 2.79. The lowest BCUT2D eigenvalue weighted by Gasteiger charge is -2.13. The fraction of sp³-hybridized carbons (Fsp3) is 0.250. The Hall–Kier alpha value is -4.92. The minimum absolute atomic E-state index is 0.0625. The standard InChI is InChI=1S/C32H30N2O7/c1-20-23(33-32(41-20)28-11-6-15-38-28)19-40-26-13-12-21(17-29(26)37-2)18-34-24-8-4-3-7-22(24)31-25(34)9-5-10-27(31)39-16-14-30(35)36/h3-10,12-13,15,17,28H,11,14,16,18-19H2,1-2H3,(H,35,36). The van der Waals surface area contributed by atoms with Crippen molar-refractivity contribution in [1.82, 2.24) is 9.55 Å². The monoisotopic (exact) mass is 554 g/mol. The van der Waals surface area contributed by atoms with Crippen molar-refractivity contribution in [2.24, 2.45) is 0 Å². The second kappa shape index (κ2) is 11.3. The van der Waals surface area contributed by atoms with E-state index in [1.165, 1.54) is 0 Å². The molecule has 9 heteroatoms. The van der Waals surface area contributed by atoms with Gasteiger partial charge in [-0.3, -0.25) is 4.79 Å². The molecule has 1 aliphatic rings. The number of carbonyl (C=O) groups is 1. The first-order valence-electron chi connectivity index (χ1n) is 13.4. The van der Waals surface area contributed by atoms with Crippen LogP contribution in [0.5, 0.6) is 17.2 Å². The average Bonchev–Trinajstić information content (AvgIpc) is 3.71. The third-order valence-corrected chi connectivity index (χ3v) is 7.14. The summed E-state index contributed by atoms with van der Waals surface area (Å²) in [5.74, 6) is 2.25. The topological polar surface area (TPSA) is 105 Å². The van der Waals surface area contributed by atoms with Crippen LogP contribution in [0.3, 0.4) is 0 Å². The number of hydrogen-bond acceptors (Lipinski definition) is 7. The largest absolute Gasteiger partial charge is 0.493 e. The van der Waals surface area contributed by atoms with Crippen molar-refractivity contribution < 1.29 is 33.3 Å². The first-order chi connectivity index (χ1) is 20.0. The molecule has 0 saturated heterocycles. The maximum atomic E-state index is 11.0. The van der Waals surface area contributed by atoms with E-state index in [-0.39, 0.29) is 25.7 Å². The molecule has 5 aromatic rings. The van der Waals surface area contributed by atoms with Crippen LogP contribution in [0.4, 0.5) is 0 Å². The van der Waals surface area contributed by atoms with Crippen LogP contribution in [-0.4, -0.2) is 34.3 Å². The molecule has 1 unspecified atom stereocenters. The summed E-state index contributed by atoms with van der Waals surface area (Å²) in [4.78, 5) is 15.6. The van der Waals surface area contributed by atoms with E-state index in [4.69, 9.17) is 28.5 Å². The van der Waals surface area contributed by atoms with Gasteiger partial charge >= 0.3 is 5.97 Å². The minimum Gasteiger partial charge on any atom is -0.493 e. The molecule has 0 amide bonds. The van der Waals surface area contributed by atoms with E-state index in [0.717, 1.165) is 33.8 Å². The third kappa shape index (κ3) is 5.30. The van der Waals surface area contributed by atoms with Crippen LogP contribution in [-0.2, 0) is 22.7 Å². The molecule has 3 heterocycles. The van der Waals surface area contributed by atoms with Crippen LogP contribution in [0.15, 0.2) is 77.4 Å². The number of rotatable bonds is 11. The van der Waals surface area contributed by atoms with E-state index < -0.39 is 5.97 Å². The van der Waals surface area contributed by atoms with E-state index in [0.29, 0.717) is 41.1 Å². The normalized spacial score (nSPS) is 14.4. The van der Waals surface area contributed by atoms with Gasteiger partial charge in [0.1, 0.15) is 23.8 Å². The number of methoxy groups -OCH3 is 1. The van der Waals surface area contributed by atoms with Gasteiger partial charge in [0.2, 0.25) is 5.89 Å². The smallest absolute Gasteiger partial charge is 0.306 e. The molecule has 41 heavy (non-hydrogen) atoms. The quantitative estimate of drug-likeness (QED) is 0.196. The summed E-state index contributed by atoms with van der Waals surface area (Å²) in [7, 11) is 1.62. The predicted molar refractivity (Wildman–Crippen MR) is 152 cm³/mol. The average molecular weight is 555 g/mol. The van der Waals surface area contributed by atoms with Crippen LogP contribution >= 0.6 is 0 Å². The maximum absolute atomic E-state index is 11.0. The van der Waals surface area contributed by atoms with Crippen LogP contribution in [0, 0.1) is 6.92 Å². The van der Waals surface area contributed by atoms with Crippen LogP contribution in [0.1, 0.15) is 41.9 Å². The molecule has 3 aromatic carbocycles. The Morgan fingerprint density at radius 1 is 1.05 bits per heavy atom. The molecular weight excluding hydrogens is 524 g/mol. The van der Waals surface area contributed by atoms with Gasteiger partial charge in [0, 0.05) is 29.3 Å². The van der Waals surface area contributed by atoms with Gasteiger partial charge in [-0.1, -0.05) is 30.3 Å². The number of carboxylic acid groups (broad SMARTS) is 1. The molecule has 2 aromatic heterocycles. The maximum Gasteiger partial charge on any atom is 0.306 e. The number of carboxylic acids is 1. The van der Waals surface area contributed by atoms with Gasteiger partial charge in [0.25, 0.3) is 0 Å². The Morgan fingerprint density at radius 2 is 1.90 bits per heavy atom. The molecule has 0 saturated carbocycles. The fourth-order valence-corrected chi connectivity index (χ4v) is 5.13. The molecule has 1 N–H and O–H groups in total. The van der Waals surface area contributed by atoms with Crippen molar-refractivity contribution in [3.8, 4) is 17.2 Å². The van der Waals surface area contributed by atoms with Gasteiger partial charge in [-0.25, -0.2) is 4.98 Å². The van der Waals surface area contributed by atoms with Gasteiger partial charge in [0.15, 0.2) is 17.6 Å². The minimum atomic E-state index is -0.891. The highest BCUT2D eigenvalue weighted by Gasteiger charge is 2.22. The lowest BCUT2D eigenvalue weighted by molar-refractivity contribution is -0.137. The van der Waals surface area contributed by atoms with Crippen molar-refractivity contribution in [2.45, 2.75) is 39.0 Å². The van der Waals surface area contributed by atoms with Crippen molar-refractivity contribution in [3.05, 3.63) is 95.9 Å². The summed E-state index contributed by atoms with van der Waals surface area (Å²) in [6.07, 6.45) is 4.10. The molecule has 9 nitrogen and oxygen atoms in total. The molecule has 210 valence electrons. The van der Waals surface area contributed by atoms with Crippen molar-refractivity contribution in [1.29, 1.82) is 0 Å². The zero-order valence-electron chi connectivity index (χ0n) is 22.8. The van der Waals surface area contributed by atoms with Gasteiger partial charge in [-0.05, 0) is 48.9 Å². The predicted octanol–water partition coefficient (Wildman–Crippen LogP) is 6.56. The Balaban J connectivity index is 1.25. The summed E-state index contributed by atoms with van der Waals surface area (Å²) in [6, 6.07) is 19.9. The van der Waals surface area contributed by atoms with E-state index in [2.05, 4.69) is 27.8 Å². The summed E-state index contributed by atoms with van der Waals surface area (Å²) >= 11 is 0. The number of aryl methyl sites for hydroxylation is 1. The van der Waals surface area contributed by atoms with E-state index >= 15 is 0 Å². The van der Waals surface area contributed by atoms with Crippen molar-refractivity contribution in [2.75, 3.05) is 13.7 Å². The molecule has 1 aliphatic heterocycles. The zero-order valence-corrected chi connectivity index (χ0v) is 22.8. The molecule has 6 rings (SSSR count). The Bertz CT molecular complexity index is 1740. The number of para-hydroxylation sites is 1. The zero-order chi connectivity index (χ0) is 28.3. The van der Waals surface area contributed by atoms with Crippen LogP contribution in [0.2, 0.25) is 0 Å². The second-order valence-electron chi connectivity index (χ2n) is 9.81. The molecule has 0 spiro atoms. The second-order valence-corrected chi connectivity index (χ2v) is 9.81. The van der Waals surface area contributed by atoms with E-state index in [1.54, 1.807) is 13.4 Å². The Kier molecular flexibility index (Phi) is 7.24. The summed E-state index contributed by atoms with van der Waals surface area (Å²) in [5, 5.41) is 11.0. The number of aromatic nitrogens is 2. The molecule has 0 aliphatic carbocycles. The number of nitrogens with zero attached hydrogens (tertiary/aromatic N) is 2. The first-order valence-corrected chi connectivity index (χ1v) is 13.4. The molecule has 1 atom stereocenters. The number of aliphatic carboxylic acids is 1. The van der Waals surface area contributed by atoms with Gasteiger partial charge in [-0.2, -0.15) is 0 Å². The molecular formula is C32H30N2O7. The van der Waals surface area contributed by atoms with Gasteiger partial charge < -0.3 is 33.0 Å². The molecule has 0 bridgehead atoms. The number of benzene rings is 3. The molecule has 0 radical (unpaired) electrons. The number of oxazole rings is 1. The Morgan fingerprint density at radius 3 is 2.71 bits per heavy atom. The first kappa shape index (κ1) is 26.3. The fourth-order valence-electron chi connectivity index (χ4n) is 5.13. The highest BCUT2D eigenvalue weighted by molar-refractivity contribution is 6.11. The highest BCUT2D eigenvalue weighted by Crippen LogP contribution is 2.37. The number of ether oxygens (including phenoxy) is 4. The number of hydrogen-bond donors (Lipinski definition) is 1. The van der Waals surface area contributed by atoms with Crippen molar-refractivity contribution in [3.63, 3.8) is 0 Å². The summed E-state index contributed by atoms with van der Waals surface area (Å²) < 4.78 is 31.3. The number of fused-ring (bicyclic) bond motifs is 3. The van der Waals surface area contributed by atoms with Crippen LogP contribution < -0.4 is 14.2 Å². The van der Waals surface area contributed by atoms with Gasteiger partial charge in [-0.15, -0.1) is 0 Å². The van der Waals surface area contributed by atoms with Crippen LogP contribution in [0.25, 0.3) is 21.8 Å². The lowest BCUT2D eigenvalue weighted by atomic mass is 10.1. The third-order valence-electron chi connectivity index (χ3n) is 7.14. The molecule has 0 fully saturated rings. The van der Waals surface area contributed by atoms with Crippen molar-refractivity contribution >= 4 is 27.8 Å².